The number of hydrogen-bond acceptors (Lipinski definition) is 3. The van der Waals surface area contributed by atoms with E-state index in [1.165, 1.54) is 0 Å². The van der Waals surface area contributed by atoms with Gasteiger partial charge in [0.05, 0.1) is 16.9 Å². The van der Waals surface area contributed by atoms with Crippen LogP contribution in [0.2, 0.25) is 0 Å². The lowest BCUT2D eigenvalue weighted by Crippen LogP contribution is -2.01. The SMILES string of the molecule is CP(C)(=O)c1ccc2cc(-c3nc4ccccc4c4c3ccn3cc(-c5ccccc5)nc43)ccc2c1. The number of imidazole rings is 1. The lowest BCUT2D eigenvalue weighted by molar-refractivity contribution is 0.588. The molecule has 4 aromatic carbocycles. The first-order valence-corrected chi connectivity index (χ1v) is 14.9. The van der Waals surface area contributed by atoms with Crippen LogP contribution in [0.1, 0.15) is 0 Å². The van der Waals surface area contributed by atoms with Crippen molar-refractivity contribution in [2.45, 2.75) is 0 Å². The van der Waals surface area contributed by atoms with Gasteiger partial charge in [-0.25, -0.2) is 9.97 Å². The van der Waals surface area contributed by atoms with Crippen LogP contribution in [0, 0.1) is 0 Å². The maximum Gasteiger partial charge on any atom is 0.146 e. The van der Waals surface area contributed by atoms with Gasteiger partial charge in [-0.05, 0) is 48.4 Å². The number of rotatable bonds is 3. The van der Waals surface area contributed by atoms with Crippen LogP contribution in [0.5, 0.6) is 0 Å². The maximum absolute atomic E-state index is 12.6. The first kappa shape index (κ1) is 22.0. The third-order valence-corrected chi connectivity index (χ3v) is 8.60. The molecule has 0 bridgehead atoms. The summed E-state index contributed by atoms with van der Waals surface area (Å²) in [5.41, 5.74) is 5.88. The molecule has 0 radical (unpaired) electrons. The largest absolute Gasteiger partial charge is 0.319 e. The molecule has 0 aliphatic rings. The van der Waals surface area contributed by atoms with Crippen LogP contribution in [0.4, 0.5) is 0 Å². The normalized spacial score (nSPS) is 12.2. The fourth-order valence-electron chi connectivity index (χ4n) is 5.16. The zero-order valence-corrected chi connectivity index (χ0v) is 21.5. The Morgan fingerprint density at radius 1 is 0.703 bits per heavy atom. The molecule has 4 nitrogen and oxygen atoms in total. The molecule has 7 aromatic rings. The molecule has 5 heteroatoms. The number of hydrogen-bond donors (Lipinski definition) is 0. The van der Waals surface area contributed by atoms with Crippen LogP contribution in [-0.4, -0.2) is 27.7 Å². The van der Waals surface area contributed by atoms with Crippen LogP contribution in [0.3, 0.4) is 0 Å². The molecule has 37 heavy (non-hydrogen) atoms. The second-order valence-electron chi connectivity index (χ2n) is 9.90. The van der Waals surface area contributed by atoms with Gasteiger partial charge in [0, 0.05) is 45.0 Å². The van der Waals surface area contributed by atoms with Crippen molar-refractivity contribution in [3.8, 4) is 22.5 Å². The number of nitrogens with zero attached hydrogens (tertiary/aromatic N) is 3. The molecule has 178 valence electrons. The highest BCUT2D eigenvalue weighted by Gasteiger charge is 2.17. The summed E-state index contributed by atoms with van der Waals surface area (Å²) in [6.07, 6.45) is 4.16. The molecule has 0 saturated heterocycles. The zero-order chi connectivity index (χ0) is 25.1. The molecule has 0 unspecified atom stereocenters. The van der Waals surface area contributed by atoms with Crippen LogP contribution in [-0.2, 0) is 4.57 Å². The molecule has 3 aromatic heterocycles. The maximum atomic E-state index is 12.6. The van der Waals surface area contributed by atoms with Gasteiger partial charge in [-0.3, -0.25) is 0 Å². The summed E-state index contributed by atoms with van der Waals surface area (Å²) in [5, 5.41) is 6.34. The fraction of sp³-hybridized carbons (Fsp3) is 0.0625. The molecular weight excluding hydrogens is 473 g/mol. The number of para-hydroxylation sites is 1. The third-order valence-electron chi connectivity index (χ3n) is 7.08. The quantitative estimate of drug-likeness (QED) is 0.185. The molecular formula is C32H24N3OP. The van der Waals surface area contributed by atoms with Gasteiger partial charge in [-0.2, -0.15) is 0 Å². The first-order valence-electron chi connectivity index (χ1n) is 12.3. The van der Waals surface area contributed by atoms with Gasteiger partial charge in [0.25, 0.3) is 0 Å². The fourth-order valence-corrected chi connectivity index (χ4v) is 6.04. The van der Waals surface area contributed by atoms with Crippen LogP contribution in [0.15, 0.2) is 109 Å². The monoisotopic (exact) mass is 497 g/mol. The van der Waals surface area contributed by atoms with E-state index in [1.54, 1.807) is 0 Å². The number of pyridine rings is 2. The van der Waals surface area contributed by atoms with Gasteiger partial charge in [-0.15, -0.1) is 0 Å². The standard InChI is InChI=1S/C32H24N3OP/c1-37(2,36)25-15-14-22-18-24(13-12-23(22)19-25)31-27-16-17-35-20-29(21-8-4-3-5-9-21)34-32(35)30(27)26-10-6-7-11-28(26)33-31/h3-20H,1-2H3. The summed E-state index contributed by atoms with van der Waals surface area (Å²) in [6.45, 7) is 3.63. The Bertz CT molecular complexity index is 2040. The first-order chi connectivity index (χ1) is 18.0. The highest BCUT2D eigenvalue weighted by molar-refractivity contribution is 7.70. The lowest BCUT2D eigenvalue weighted by Gasteiger charge is -2.12. The number of fused-ring (bicyclic) bond motifs is 6. The lowest BCUT2D eigenvalue weighted by atomic mass is 9.99. The van der Waals surface area contributed by atoms with Crippen molar-refractivity contribution in [2.24, 2.45) is 0 Å². The molecule has 0 fully saturated rings. The van der Waals surface area contributed by atoms with Crippen molar-refractivity contribution in [1.29, 1.82) is 0 Å². The van der Waals surface area contributed by atoms with Crippen LogP contribution in [0.25, 0.3) is 60.6 Å². The van der Waals surface area contributed by atoms with E-state index in [0.717, 1.165) is 65.9 Å². The highest BCUT2D eigenvalue weighted by atomic mass is 31.2. The molecule has 0 N–H and O–H groups in total. The van der Waals surface area contributed by atoms with E-state index in [0.29, 0.717) is 0 Å². The topological polar surface area (TPSA) is 47.3 Å². The summed E-state index contributed by atoms with van der Waals surface area (Å²) in [7, 11) is -2.32. The predicted molar refractivity (Wildman–Crippen MR) is 155 cm³/mol. The molecule has 3 heterocycles. The average Bonchev–Trinajstić information content (AvgIpc) is 3.36. The minimum absolute atomic E-state index is 0.901. The van der Waals surface area contributed by atoms with E-state index in [4.69, 9.17) is 9.97 Å². The van der Waals surface area contributed by atoms with E-state index in [2.05, 4.69) is 77.5 Å². The second-order valence-corrected chi connectivity index (χ2v) is 13.1. The zero-order valence-electron chi connectivity index (χ0n) is 20.6. The van der Waals surface area contributed by atoms with Crippen molar-refractivity contribution in [3.05, 3.63) is 109 Å². The molecule has 7 rings (SSSR count). The van der Waals surface area contributed by atoms with Crippen molar-refractivity contribution in [3.63, 3.8) is 0 Å². The van der Waals surface area contributed by atoms with Crippen molar-refractivity contribution >= 4 is 50.5 Å². The van der Waals surface area contributed by atoms with E-state index >= 15 is 0 Å². The Balaban J connectivity index is 1.50. The van der Waals surface area contributed by atoms with Crippen LogP contribution >= 0.6 is 7.14 Å². The molecule has 0 atom stereocenters. The smallest absolute Gasteiger partial charge is 0.146 e. The van der Waals surface area contributed by atoms with Crippen LogP contribution < -0.4 is 5.30 Å². The second kappa shape index (κ2) is 8.12. The summed E-state index contributed by atoms with van der Waals surface area (Å²) < 4.78 is 14.7. The Morgan fingerprint density at radius 3 is 2.30 bits per heavy atom. The molecule has 0 amide bonds. The van der Waals surface area contributed by atoms with E-state index in [-0.39, 0.29) is 0 Å². The summed E-state index contributed by atoms with van der Waals surface area (Å²) in [4.78, 5) is 10.2. The summed E-state index contributed by atoms with van der Waals surface area (Å²) >= 11 is 0. The van der Waals surface area contributed by atoms with Gasteiger partial charge in [0.1, 0.15) is 12.8 Å². The summed E-state index contributed by atoms with van der Waals surface area (Å²) in [6, 6.07) is 33.2. The van der Waals surface area contributed by atoms with Crippen molar-refractivity contribution in [1.82, 2.24) is 14.4 Å². The molecule has 0 aliphatic heterocycles. The molecule has 0 spiro atoms. The van der Waals surface area contributed by atoms with E-state index in [9.17, 15) is 4.57 Å². The van der Waals surface area contributed by atoms with Crippen molar-refractivity contribution < 1.29 is 4.57 Å². The minimum atomic E-state index is -2.32. The van der Waals surface area contributed by atoms with Gasteiger partial charge in [0.15, 0.2) is 0 Å². The Labute approximate surface area is 214 Å². The highest BCUT2D eigenvalue weighted by Crippen LogP contribution is 2.38. The average molecular weight is 498 g/mol. The Morgan fingerprint density at radius 2 is 1.46 bits per heavy atom. The van der Waals surface area contributed by atoms with E-state index < -0.39 is 7.14 Å². The van der Waals surface area contributed by atoms with E-state index in [1.807, 2.05) is 49.7 Å². The molecule has 0 aliphatic carbocycles. The molecule has 0 saturated carbocycles. The third kappa shape index (κ3) is 3.64. The van der Waals surface area contributed by atoms with Gasteiger partial charge in [0.2, 0.25) is 0 Å². The van der Waals surface area contributed by atoms with Gasteiger partial charge >= 0.3 is 0 Å². The Kier molecular flexibility index (Phi) is 4.82. The minimum Gasteiger partial charge on any atom is -0.319 e. The number of aromatic nitrogens is 3. The number of benzene rings is 4. The van der Waals surface area contributed by atoms with Crippen molar-refractivity contribution in [2.75, 3.05) is 13.3 Å². The van der Waals surface area contributed by atoms with Gasteiger partial charge in [-0.1, -0.05) is 72.8 Å². The predicted octanol–water partition coefficient (Wildman–Crippen LogP) is 7.77. The Hall–Kier alpha value is -4.27. The summed E-state index contributed by atoms with van der Waals surface area (Å²) in [5.74, 6) is 0. The van der Waals surface area contributed by atoms with Gasteiger partial charge < -0.3 is 8.97 Å².